The summed E-state index contributed by atoms with van der Waals surface area (Å²) in [5.74, 6) is 0.794. The molecule has 3 aromatic carbocycles. The number of benzene rings is 3. The zero-order valence-electron chi connectivity index (χ0n) is 19.7. The molecule has 1 aliphatic heterocycles. The highest BCUT2D eigenvalue weighted by Crippen LogP contribution is 2.33. The Morgan fingerprint density at radius 2 is 1.53 bits per heavy atom. The van der Waals surface area contributed by atoms with Gasteiger partial charge < -0.3 is 15.1 Å². The molecule has 8 nitrogen and oxygen atoms in total. The third-order valence-electron chi connectivity index (χ3n) is 6.41. The second kappa shape index (κ2) is 9.73. The van der Waals surface area contributed by atoms with E-state index in [0.29, 0.717) is 36.4 Å². The summed E-state index contributed by atoms with van der Waals surface area (Å²) < 4.78 is 0. The van der Waals surface area contributed by atoms with Crippen LogP contribution in [-0.4, -0.2) is 46.8 Å². The highest BCUT2D eigenvalue weighted by atomic mass is 16.2. The van der Waals surface area contributed by atoms with Crippen molar-refractivity contribution in [3.05, 3.63) is 83.9 Å². The number of nitrogens with zero attached hydrogens (tertiary/aromatic N) is 6. The molecule has 5 rings (SSSR count). The van der Waals surface area contributed by atoms with E-state index in [1.54, 1.807) is 41.3 Å². The predicted molar refractivity (Wildman–Crippen MR) is 138 cm³/mol. The van der Waals surface area contributed by atoms with Crippen LogP contribution in [0.15, 0.2) is 72.8 Å². The Bertz CT molecular complexity index is 1500. The number of amides is 2. The lowest BCUT2D eigenvalue weighted by Crippen LogP contribution is -2.55. The molecular formula is C28H23N7O. The van der Waals surface area contributed by atoms with Crippen molar-refractivity contribution in [3.63, 3.8) is 0 Å². The van der Waals surface area contributed by atoms with Crippen LogP contribution in [0.5, 0.6) is 0 Å². The molecule has 1 atom stereocenters. The Kier molecular flexibility index (Phi) is 6.17. The molecule has 176 valence electrons. The molecule has 0 saturated carbocycles. The number of nitriles is 2. The van der Waals surface area contributed by atoms with Crippen LogP contribution in [0.1, 0.15) is 18.1 Å². The number of urea groups is 1. The van der Waals surface area contributed by atoms with Gasteiger partial charge in [-0.25, -0.2) is 4.79 Å². The van der Waals surface area contributed by atoms with E-state index in [9.17, 15) is 4.79 Å². The van der Waals surface area contributed by atoms with E-state index in [1.165, 1.54) is 0 Å². The summed E-state index contributed by atoms with van der Waals surface area (Å²) in [6, 6.07) is 26.3. The number of piperazine rings is 1. The number of aromatic nitrogens is 2. The van der Waals surface area contributed by atoms with Gasteiger partial charge in [-0.05, 0) is 43.3 Å². The van der Waals surface area contributed by atoms with Crippen molar-refractivity contribution < 1.29 is 4.79 Å². The summed E-state index contributed by atoms with van der Waals surface area (Å²) in [6.07, 6.45) is 0. The lowest BCUT2D eigenvalue weighted by molar-refractivity contribution is 0.200. The van der Waals surface area contributed by atoms with Crippen LogP contribution in [0.3, 0.4) is 0 Å². The molecule has 0 bridgehead atoms. The van der Waals surface area contributed by atoms with Crippen molar-refractivity contribution in [1.82, 2.24) is 15.1 Å². The number of carbonyl (C=O) groups is 1. The number of nitrogens with one attached hydrogen (secondary N) is 1. The van der Waals surface area contributed by atoms with Crippen molar-refractivity contribution in [2.24, 2.45) is 0 Å². The van der Waals surface area contributed by atoms with Gasteiger partial charge in [-0.15, -0.1) is 10.2 Å². The molecule has 2 amide bonds. The van der Waals surface area contributed by atoms with Gasteiger partial charge in [-0.3, -0.25) is 0 Å². The van der Waals surface area contributed by atoms with Gasteiger partial charge in [-0.1, -0.05) is 36.4 Å². The maximum atomic E-state index is 12.9. The van der Waals surface area contributed by atoms with Gasteiger partial charge in [0.25, 0.3) is 0 Å². The highest BCUT2D eigenvalue weighted by Gasteiger charge is 2.29. The smallest absolute Gasteiger partial charge is 0.321 e. The van der Waals surface area contributed by atoms with Crippen molar-refractivity contribution in [2.75, 3.05) is 29.9 Å². The Morgan fingerprint density at radius 1 is 0.889 bits per heavy atom. The van der Waals surface area contributed by atoms with Crippen molar-refractivity contribution in [2.45, 2.75) is 13.0 Å². The molecule has 2 heterocycles. The first-order valence-corrected chi connectivity index (χ1v) is 11.7. The number of anilines is 2. The largest absolute Gasteiger partial charge is 0.348 e. The second-order valence-electron chi connectivity index (χ2n) is 8.71. The van der Waals surface area contributed by atoms with Gasteiger partial charge in [0.15, 0.2) is 5.82 Å². The van der Waals surface area contributed by atoms with Crippen LogP contribution >= 0.6 is 0 Å². The molecule has 0 spiro atoms. The lowest BCUT2D eigenvalue weighted by Gasteiger charge is -2.40. The maximum Gasteiger partial charge on any atom is 0.321 e. The number of rotatable bonds is 3. The van der Waals surface area contributed by atoms with Gasteiger partial charge in [0.1, 0.15) is 5.69 Å². The van der Waals surface area contributed by atoms with Gasteiger partial charge in [0.05, 0.1) is 23.3 Å². The molecule has 1 N–H and O–H groups in total. The average molecular weight is 474 g/mol. The van der Waals surface area contributed by atoms with Crippen LogP contribution in [0.4, 0.5) is 16.3 Å². The standard InChI is InChI=1S/C28H23N7O/c1-19-18-34(28(36)31-23-12-8-21(17-30)9-13-23)14-15-35(19)27-25-5-3-2-4-24(25)26(32-33-27)22-10-6-20(16-29)7-11-22/h2-13,19H,14-15,18H2,1H3,(H,31,36)/t19-/m0/s1. The van der Waals surface area contributed by atoms with E-state index in [4.69, 9.17) is 10.5 Å². The summed E-state index contributed by atoms with van der Waals surface area (Å²) >= 11 is 0. The minimum Gasteiger partial charge on any atom is -0.348 e. The van der Waals surface area contributed by atoms with Gasteiger partial charge in [-0.2, -0.15) is 10.5 Å². The van der Waals surface area contributed by atoms with E-state index < -0.39 is 0 Å². The quantitative estimate of drug-likeness (QED) is 0.459. The Morgan fingerprint density at radius 3 is 2.17 bits per heavy atom. The zero-order chi connectivity index (χ0) is 25.1. The minimum atomic E-state index is -0.168. The van der Waals surface area contributed by atoms with Crippen LogP contribution < -0.4 is 10.2 Å². The first-order chi connectivity index (χ1) is 17.6. The minimum absolute atomic E-state index is 0.0314. The second-order valence-corrected chi connectivity index (χ2v) is 8.71. The molecule has 8 heteroatoms. The van der Waals surface area contributed by atoms with Crippen molar-refractivity contribution in [3.8, 4) is 23.4 Å². The third kappa shape index (κ3) is 4.40. The van der Waals surface area contributed by atoms with E-state index in [0.717, 1.165) is 27.8 Å². The van der Waals surface area contributed by atoms with E-state index >= 15 is 0 Å². The maximum absolute atomic E-state index is 12.9. The SMILES string of the molecule is C[C@H]1CN(C(=O)Nc2ccc(C#N)cc2)CCN1c1nnc(-c2ccc(C#N)cc2)c2ccccc12. The van der Waals surface area contributed by atoms with Crippen LogP contribution in [0.2, 0.25) is 0 Å². The lowest BCUT2D eigenvalue weighted by atomic mass is 10.0. The van der Waals surface area contributed by atoms with Crippen LogP contribution in [0, 0.1) is 22.7 Å². The summed E-state index contributed by atoms with van der Waals surface area (Å²) in [4.78, 5) is 16.8. The first-order valence-electron chi connectivity index (χ1n) is 11.7. The summed E-state index contributed by atoms with van der Waals surface area (Å²) in [7, 11) is 0. The van der Waals surface area contributed by atoms with Crippen molar-refractivity contribution >= 4 is 28.3 Å². The molecule has 1 aliphatic rings. The zero-order valence-corrected chi connectivity index (χ0v) is 19.7. The summed E-state index contributed by atoms with van der Waals surface area (Å²) in [5.41, 5.74) is 3.48. The fourth-order valence-electron chi connectivity index (χ4n) is 4.51. The Labute approximate surface area is 209 Å². The van der Waals surface area contributed by atoms with E-state index in [-0.39, 0.29) is 12.1 Å². The molecule has 36 heavy (non-hydrogen) atoms. The molecular weight excluding hydrogens is 450 g/mol. The van der Waals surface area contributed by atoms with E-state index in [2.05, 4.69) is 39.5 Å². The Hall–Kier alpha value is -4.95. The fraction of sp³-hybridized carbons (Fsp3) is 0.179. The van der Waals surface area contributed by atoms with Crippen LogP contribution in [0.25, 0.3) is 22.0 Å². The normalized spacial score (nSPS) is 15.2. The monoisotopic (exact) mass is 473 g/mol. The average Bonchev–Trinajstić information content (AvgIpc) is 2.93. The molecule has 1 aromatic heterocycles. The number of hydrogen-bond donors (Lipinski definition) is 1. The predicted octanol–water partition coefficient (Wildman–Crippen LogP) is 4.78. The molecule has 1 fully saturated rings. The first kappa shape index (κ1) is 22.8. The molecule has 0 unspecified atom stereocenters. The molecule has 0 aliphatic carbocycles. The van der Waals surface area contributed by atoms with Crippen molar-refractivity contribution in [1.29, 1.82) is 10.5 Å². The topological polar surface area (TPSA) is 109 Å². The number of carbonyl (C=O) groups excluding carboxylic acids is 1. The van der Waals surface area contributed by atoms with Gasteiger partial charge in [0.2, 0.25) is 0 Å². The number of fused-ring (bicyclic) bond motifs is 1. The molecule has 0 radical (unpaired) electrons. The van der Waals surface area contributed by atoms with Gasteiger partial charge >= 0.3 is 6.03 Å². The van der Waals surface area contributed by atoms with E-state index in [1.807, 2.05) is 36.4 Å². The fourth-order valence-corrected chi connectivity index (χ4v) is 4.51. The number of hydrogen-bond acceptors (Lipinski definition) is 6. The molecule has 4 aromatic rings. The molecule has 1 saturated heterocycles. The summed E-state index contributed by atoms with van der Waals surface area (Å²) in [5, 5.41) is 32.1. The third-order valence-corrected chi connectivity index (χ3v) is 6.41. The Balaban J connectivity index is 1.36. The van der Waals surface area contributed by atoms with Crippen LogP contribution in [-0.2, 0) is 0 Å². The highest BCUT2D eigenvalue weighted by molar-refractivity contribution is 6.00. The summed E-state index contributed by atoms with van der Waals surface area (Å²) in [6.45, 7) is 3.78. The van der Waals surface area contributed by atoms with Gasteiger partial charge in [0, 0.05) is 47.7 Å².